The lowest BCUT2D eigenvalue weighted by Crippen LogP contribution is -2.23. The smallest absolute Gasteiger partial charge is 0.397 e. The van der Waals surface area contributed by atoms with Crippen LogP contribution in [0.2, 0.25) is 0 Å². The molecular weight excluding hydrogens is 769 g/mol. The van der Waals surface area contributed by atoms with E-state index in [1.165, 1.54) is 9.13 Å². The number of hydrogen-bond donors (Lipinski definition) is 3. The molecule has 3 heterocycles. The number of pyridine rings is 2. The molecule has 4 aromatic rings. The second-order valence-electron chi connectivity index (χ2n) is 12.9. The van der Waals surface area contributed by atoms with Crippen LogP contribution in [0.3, 0.4) is 0 Å². The minimum atomic E-state index is -4.70. The van der Waals surface area contributed by atoms with Gasteiger partial charge < -0.3 is 30.2 Å². The molecule has 1 aliphatic rings. The van der Waals surface area contributed by atoms with Gasteiger partial charge in [-0.05, 0) is 84.8 Å². The van der Waals surface area contributed by atoms with Crippen molar-refractivity contribution >= 4 is 36.3 Å². The predicted octanol–water partition coefficient (Wildman–Crippen LogP) is 6.60. The molecule has 1 aliphatic heterocycles. The van der Waals surface area contributed by atoms with Crippen LogP contribution in [-0.4, -0.2) is 66.7 Å². The van der Waals surface area contributed by atoms with Crippen molar-refractivity contribution in [1.82, 2.24) is 9.13 Å². The standard InChI is InChI=1S/C22H25F3N2O4.C16H18F3N3O2.H2S/c1-14-10-17(13-27(2)21(14)29)15-5-6-16(12-19(28)20-4-3-8-30-20)18(11-15)26-7-9-31-22(23,24)25;1-10-7-12(9-22(2)15(10)23)11-3-4-13(20)14(8-11)21-5-6-24-16(17,18)19;/h5-6,10-11,13,20,26H,3-4,7-9,12H2,1-2H3;3-4,7-9,21H,5-6,20H2,1-2H3;1H2/t20-;;/m0../s1. The minimum Gasteiger partial charge on any atom is -0.397 e. The molecule has 0 saturated carbocycles. The van der Waals surface area contributed by atoms with E-state index in [1.54, 1.807) is 82.8 Å². The number of Topliss-reactive ketones (excluding diaryl/α,β-unsaturated/α-hetero) is 1. The van der Waals surface area contributed by atoms with Crippen molar-refractivity contribution in [2.24, 2.45) is 14.1 Å². The molecule has 0 spiro atoms. The number of nitrogens with two attached hydrogens (primary N) is 1. The van der Waals surface area contributed by atoms with E-state index in [-0.39, 0.29) is 49.9 Å². The Bertz CT molecular complexity index is 2030. The Labute approximate surface area is 326 Å². The number of nitrogens with one attached hydrogen (secondary N) is 2. The lowest BCUT2D eigenvalue weighted by atomic mass is 9.98. The molecule has 1 fully saturated rings. The molecule has 0 bridgehead atoms. The van der Waals surface area contributed by atoms with Crippen molar-refractivity contribution in [1.29, 1.82) is 0 Å². The summed E-state index contributed by atoms with van der Waals surface area (Å²) in [6.45, 7) is 2.78. The maximum absolute atomic E-state index is 12.5. The van der Waals surface area contributed by atoms with Crippen molar-refractivity contribution in [3.63, 3.8) is 0 Å². The van der Waals surface area contributed by atoms with Gasteiger partial charge in [-0.15, -0.1) is 26.3 Å². The number of nitrogens with zero attached hydrogens (tertiary/aromatic N) is 2. The maximum Gasteiger partial charge on any atom is 0.522 e. The molecule has 1 saturated heterocycles. The highest BCUT2D eigenvalue weighted by molar-refractivity contribution is 7.59. The fourth-order valence-corrected chi connectivity index (χ4v) is 5.87. The van der Waals surface area contributed by atoms with E-state index >= 15 is 0 Å². The summed E-state index contributed by atoms with van der Waals surface area (Å²) in [6, 6.07) is 14.0. The Morgan fingerprint density at radius 1 is 0.786 bits per heavy atom. The van der Waals surface area contributed by atoms with Gasteiger partial charge in [-0.3, -0.25) is 23.9 Å². The third-order valence-corrected chi connectivity index (χ3v) is 8.57. The Morgan fingerprint density at radius 2 is 1.27 bits per heavy atom. The second kappa shape index (κ2) is 19.9. The number of hydrogen-bond acceptors (Lipinski definition) is 9. The molecule has 18 heteroatoms. The van der Waals surface area contributed by atoms with Gasteiger partial charge in [-0.2, -0.15) is 13.5 Å². The van der Waals surface area contributed by atoms with Crippen molar-refractivity contribution in [2.75, 3.05) is 49.3 Å². The van der Waals surface area contributed by atoms with E-state index in [0.717, 1.165) is 28.7 Å². The first-order valence-electron chi connectivity index (χ1n) is 17.2. The zero-order valence-electron chi connectivity index (χ0n) is 31.2. The van der Waals surface area contributed by atoms with Crippen LogP contribution in [0.4, 0.5) is 43.4 Å². The van der Waals surface area contributed by atoms with Crippen LogP contribution in [0.25, 0.3) is 22.3 Å². The topological polar surface area (TPSA) is 139 Å². The summed E-state index contributed by atoms with van der Waals surface area (Å²) in [7, 11) is 3.31. The molecule has 306 valence electrons. The van der Waals surface area contributed by atoms with Gasteiger partial charge in [0, 0.05) is 69.4 Å². The molecule has 0 radical (unpaired) electrons. The second-order valence-corrected chi connectivity index (χ2v) is 12.9. The van der Waals surface area contributed by atoms with Crippen molar-refractivity contribution in [3.8, 4) is 22.3 Å². The zero-order chi connectivity index (χ0) is 40.5. The minimum absolute atomic E-state index is 0. The first-order chi connectivity index (χ1) is 25.8. The van der Waals surface area contributed by atoms with Gasteiger partial charge in [0.25, 0.3) is 11.1 Å². The molecule has 4 N–H and O–H groups in total. The largest absolute Gasteiger partial charge is 0.522 e. The fourth-order valence-electron chi connectivity index (χ4n) is 5.87. The van der Waals surface area contributed by atoms with Gasteiger partial charge in [-0.25, -0.2) is 0 Å². The highest BCUT2D eigenvalue weighted by atomic mass is 32.1. The predicted molar refractivity (Wildman–Crippen MR) is 207 cm³/mol. The first kappa shape index (κ1) is 45.6. The highest BCUT2D eigenvalue weighted by Crippen LogP contribution is 2.29. The first-order valence-corrected chi connectivity index (χ1v) is 17.2. The van der Waals surface area contributed by atoms with Gasteiger partial charge in [-0.1, -0.05) is 18.2 Å². The van der Waals surface area contributed by atoms with Crippen molar-refractivity contribution in [3.05, 3.63) is 98.3 Å². The lowest BCUT2D eigenvalue weighted by molar-refractivity contribution is -0.323. The van der Waals surface area contributed by atoms with E-state index in [1.807, 2.05) is 6.07 Å². The van der Waals surface area contributed by atoms with Gasteiger partial charge >= 0.3 is 12.7 Å². The molecule has 5 rings (SSSR count). The summed E-state index contributed by atoms with van der Waals surface area (Å²) in [5, 5.41) is 5.76. The Balaban J connectivity index is 0.000000305. The van der Waals surface area contributed by atoms with Crippen molar-refractivity contribution < 1.29 is 45.3 Å². The van der Waals surface area contributed by atoms with E-state index in [2.05, 4.69) is 20.1 Å². The monoisotopic (exact) mass is 813 g/mol. The Morgan fingerprint density at radius 3 is 1.73 bits per heavy atom. The summed E-state index contributed by atoms with van der Waals surface area (Å²) >= 11 is 0. The number of anilines is 3. The number of carbonyl (C=O) groups is 1. The third kappa shape index (κ3) is 13.5. The number of rotatable bonds is 13. The summed E-state index contributed by atoms with van der Waals surface area (Å²) < 4.78 is 88.6. The number of benzene rings is 2. The summed E-state index contributed by atoms with van der Waals surface area (Å²) in [5.74, 6) is -0.0576. The number of aromatic nitrogens is 2. The van der Waals surface area contributed by atoms with Crippen LogP contribution >= 0.6 is 13.5 Å². The number of ether oxygens (including phenoxy) is 3. The summed E-state index contributed by atoms with van der Waals surface area (Å²) in [6.07, 6.45) is -4.78. The molecular formula is C38H45F6N5O6S. The normalized spacial score (nSPS) is 14.1. The third-order valence-electron chi connectivity index (χ3n) is 8.57. The van der Waals surface area contributed by atoms with Gasteiger partial charge in [0.05, 0.1) is 24.6 Å². The number of alkyl halides is 6. The van der Waals surface area contributed by atoms with Crippen LogP contribution < -0.4 is 27.5 Å². The van der Waals surface area contributed by atoms with E-state index in [0.29, 0.717) is 46.8 Å². The lowest BCUT2D eigenvalue weighted by Gasteiger charge is -2.16. The number of ketones is 1. The van der Waals surface area contributed by atoms with Gasteiger partial charge in [0.2, 0.25) is 0 Å². The van der Waals surface area contributed by atoms with E-state index < -0.39 is 32.0 Å². The number of halogens is 6. The van der Waals surface area contributed by atoms with Crippen LogP contribution in [0.5, 0.6) is 0 Å². The number of carbonyl (C=O) groups excluding carboxylic acids is 1. The quantitative estimate of drug-likeness (QED) is 0.0775. The fraction of sp³-hybridized carbons (Fsp3) is 0.395. The van der Waals surface area contributed by atoms with Crippen molar-refractivity contribution in [2.45, 2.75) is 51.9 Å². The van der Waals surface area contributed by atoms with Gasteiger partial charge in [0.1, 0.15) is 6.10 Å². The molecule has 56 heavy (non-hydrogen) atoms. The van der Waals surface area contributed by atoms with Gasteiger partial charge in [0.15, 0.2) is 5.78 Å². The zero-order valence-corrected chi connectivity index (χ0v) is 32.2. The molecule has 2 aromatic carbocycles. The van der Waals surface area contributed by atoms with Crippen LogP contribution in [0.1, 0.15) is 29.5 Å². The average Bonchev–Trinajstić information content (AvgIpc) is 3.66. The van der Waals surface area contributed by atoms with Crippen LogP contribution in [0.15, 0.2) is 70.5 Å². The summed E-state index contributed by atoms with van der Waals surface area (Å²) in [4.78, 5) is 36.3. The van der Waals surface area contributed by atoms with E-state index in [9.17, 15) is 40.7 Å². The van der Waals surface area contributed by atoms with Crippen LogP contribution in [-0.2, 0) is 39.5 Å². The SMILES string of the molecule is Cc1cc(-c2ccc(CC(=O)[C@@H]3CCCO3)c(NCCOC(F)(F)F)c2)cn(C)c1=O.Cc1cc(-c2ccc(N)c(NCCOC(F)(F)F)c2)cn(C)c1=O.S. The summed E-state index contributed by atoms with van der Waals surface area (Å²) in [5.41, 5.74) is 12.1. The van der Waals surface area contributed by atoms with E-state index in [4.69, 9.17) is 10.5 Å². The highest BCUT2D eigenvalue weighted by Gasteiger charge is 2.29. The molecule has 0 amide bonds. The molecule has 0 aliphatic carbocycles. The number of nitrogen functional groups attached to an aromatic ring is 1. The number of aryl methyl sites for hydroxylation is 4. The molecule has 1 atom stereocenters. The average molecular weight is 814 g/mol. The Kier molecular flexibility index (Phi) is 16.2. The maximum atomic E-state index is 12.5. The molecule has 0 unspecified atom stereocenters. The molecule has 11 nitrogen and oxygen atoms in total. The molecule has 2 aromatic heterocycles. The Hall–Kier alpha value is -4.78. The van der Waals surface area contributed by atoms with Crippen LogP contribution in [0, 0.1) is 13.8 Å².